The Morgan fingerprint density at radius 1 is 1.19 bits per heavy atom. The average Bonchev–Trinajstić information content (AvgIpc) is 2.83. The van der Waals surface area contributed by atoms with E-state index in [1.807, 2.05) is 18.2 Å². The number of hydrogen-bond donors (Lipinski definition) is 3. The summed E-state index contributed by atoms with van der Waals surface area (Å²) in [6.45, 7) is 0. The zero-order chi connectivity index (χ0) is 14.8. The number of nitrogen functional groups attached to an aromatic ring is 1. The van der Waals surface area contributed by atoms with Crippen LogP contribution in [0.15, 0.2) is 42.5 Å². The molecule has 5 heteroatoms. The van der Waals surface area contributed by atoms with Crippen LogP contribution < -0.4 is 16.4 Å². The van der Waals surface area contributed by atoms with Crippen molar-refractivity contribution in [2.24, 2.45) is 0 Å². The first kappa shape index (κ1) is 13.4. The Bertz CT molecular complexity index is 670. The number of urea groups is 1. The zero-order valence-electron chi connectivity index (χ0n) is 11.4. The second kappa shape index (κ2) is 5.44. The van der Waals surface area contributed by atoms with Gasteiger partial charge >= 0.3 is 6.03 Å². The smallest absolute Gasteiger partial charge is 0.319 e. The van der Waals surface area contributed by atoms with E-state index < -0.39 is 0 Å². The maximum Gasteiger partial charge on any atom is 0.319 e. The molecule has 0 saturated heterocycles. The summed E-state index contributed by atoms with van der Waals surface area (Å²) in [4.78, 5) is 12.0. The summed E-state index contributed by atoms with van der Waals surface area (Å²) >= 11 is 0. The van der Waals surface area contributed by atoms with Crippen LogP contribution in [0.1, 0.15) is 23.6 Å². The van der Waals surface area contributed by atoms with Crippen molar-refractivity contribution in [3.8, 4) is 0 Å². The third-order valence-electron chi connectivity index (χ3n) is 3.65. The molecule has 0 saturated carbocycles. The molecule has 4 nitrogen and oxygen atoms in total. The van der Waals surface area contributed by atoms with Crippen LogP contribution in [0.3, 0.4) is 0 Å². The van der Waals surface area contributed by atoms with Gasteiger partial charge in [-0.25, -0.2) is 9.18 Å². The highest BCUT2D eigenvalue weighted by Gasteiger charge is 2.23. The van der Waals surface area contributed by atoms with Crippen molar-refractivity contribution in [1.29, 1.82) is 0 Å². The topological polar surface area (TPSA) is 67.1 Å². The molecule has 0 radical (unpaired) electrons. The Morgan fingerprint density at radius 3 is 2.71 bits per heavy atom. The molecule has 2 aromatic carbocycles. The van der Waals surface area contributed by atoms with Gasteiger partial charge in [0.25, 0.3) is 0 Å². The van der Waals surface area contributed by atoms with Gasteiger partial charge in [0.1, 0.15) is 5.82 Å². The predicted octanol–water partition coefficient (Wildman–Crippen LogP) is 3.22. The van der Waals surface area contributed by atoms with Gasteiger partial charge in [-0.05, 0) is 60.4 Å². The SMILES string of the molecule is Nc1ccc2c(c1)CCC2NC(=O)Nc1ccc(F)cc1. The molecule has 1 atom stereocenters. The predicted molar refractivity (Wildman–Crippen MR) is 80.5 cm³/mol. The number of aryl methyl sites for hydroxylation is 1. The van der Waals surface area contributed by atoms with Crippen LogP contribution >= 0.6 is 0 Å². The van der Waals surface area contributed by atoms with E-state index in [-0.39, 0.29) is 17.9 Å². The molecule has 2 amide bonds. The van der Waals surface area contributed by atoms with E-state index in [2.05, 4.69) is 10.6 Å². The van der Waals surface area contributed by atoms with E-state index in [1.54, 1.807) is 0 Å². The summed E-state index contributed by atoms with van der Waals surface area (Å²) in [7, 11) is 0. The van der Waals surface area contributed by atoms with Crippen LogP contribution in [0, 0.1) is 5.82 Å². The standard InChI is InChI=1S/C16H16FN3O/c17-11-2-5-13(6-3-11)19-16(21)20-15-8-1-10-9-12(18)4-7-14(10)15/h2-7,9,15H,1,8,18H2,(H2,19,20,21). The van der Waals surface area contributed by atoms with Crippen LogP contribution in [-0.4, -0.2) is 6.03 Å². The van der Waals surface area contributed by atoms with Crippen molar-refractivity contribution >= 4 is 17.4 Å². The van der Waals surface area contributed by atoms with Gasteiger partial charge in [-0.15, -0.1) is 0 Å². The van der Waals surface area contributed by atoms with Crippen molar-refractivity contribution in [2.75, 3.05) is 11.1 Å². The molecule has 4 N–H and O–H groups in total. The molecule has 0 aliphatic heterocycles. The van der Waals surface area contributed by atoms with Crippen molar-refractivity contribution in [3.63, 3.8) is 0 Å². The van der Waals surface area contributed by atoms with Gasteiger partial charge in [-0.3, -0.25) is 0 Å². The summed E-state index contributed by atoms with van der Waals surface area (Å²) in [5.74, 6) is -0.330. The van der Waals surface area contributed by atoms with Crippen molar-refractivity contribution < 1.29 is 9.18 Å². The third kappa shape index (κ3) is 2.97. The Kier molecular flexibility index (Phi) is 3.48. The summed E-state index contributed by atoms with van der Waals surface area (Å²) in [6, 6.07) is 11.1. The first-order valence-corrected chi connectivity index (χ1v) is 6.83. The second-order valence-electron chi connectivity index (χ2n) is 5.15. The lowest BCUT2D eigenvalue weighted by molar-refractivity contribution is 0.248. The van der Waals surface area contributed by atoms with Gasteiger partial charge in [-0.2, -0.15) is 0 Å². The van der Waals surface area contributed by atoms with E-state index in [0.717, 1.165) is 24.1 Å². The third-order valence-corrected chi connectivity index (χ3v) is 3.65. The molecular weight excluding hydrogens is 269 g/mol. The lowest BCUT2D eigenvalue weighted by atomic mass is 10.1. The minimum Gasteiger partial charge on any atom is -0.399 e. The highest BCUT2D eigenvalue weighted by atomic mass is 19.1. The lowest BCUT2D eigenvalue weighted by Crippen LogP contribution is -2.31. The van der Waals surface area contributed by atoms with Crippen molar-refractivity contribution in [3.05, 3.63) is 59.4 Å². The molecular formula is C16H16FN3O. The maximum absolute atomic E-state index is 12.8. The number of fused-ring (bicyclic) bond motifs is 1. The van der Waals surface area contributed by atoms with Gasteiger partial charge in [-0.1, -0.05) is 6.07 Å². The Morgan fingerprint density at radius 2 is 1.95 bits per heavy atom. The molecule has 0 fully saturated rings. The summed E-state index contributed by atoms with van der Waals surface area (Å²) in [6.07, 6.45) is 1.76. The minimum absolute atomic E-state index is 0.0129. The number of nitrogens with two attached hydrogens (primary N) is 1. The summed E-state index contributed by atoms with van der Waals surface area (Å²) < 4.78 is 12.8. The molecule has 0 heterocycles. The number of carbonyl (C=O) groups is 1. The molecule has 0 aromatic heterocycles. The van der Waals surface area contributed by atoms with E-state index in [9.17, 15) is 9.18 Å². The van der Waals surface area contributed by atoms with Gasteiger partial charge in [0.05, 0.1) is 6.04 Å². The fourth-order valence-electron chi connectivity index (χ4n) is 2.65. The first-order chi connectivity index (χ1) is 10.1. The highest BCUT2D eigenvalue weighted by molar-refractivity contribution is 5.89. The molecule has 1 aliphatic carbocycles. The molecule has 1 aliphatic rings. The monoisotopic (exact) mass is 285 g/mol. The Hall–Kier alpha value is -2.56. The number of benzene rings is 2. The van der Waals surface area contributed by atoms with Gasteiger partial charge in [0.15, 0.2) is 0 Å². The zero-order valence-corrected chi connectivity index (χ0v) is 11.4. The maximum atomic E-state index is 12.8. The van der Waals surface area contributed by atoms with Crippen LogP contribution in [-0.2, 0) is 6.42 Å². The van der Waals surface area contributed by atoms with Gasteiger partial charge in [0, 0.05) is 11.4 Å². The van der Waals surface area contributed by atoms with Gasteiger partial charge < -0.3 is 16.4 Å². The summed E-state index contributed by atoms with van der Waals surface area (Å²) in [5, 5.41) is 5.63. The number of carbonyl (C=O) groups excluding carboxylic acids is 1. The summed E-state index contributed by atoms with van der Waals surface area (Å²) in [5.41, 5.74) is 9.35. The van der Waals surface area contributed by atoms with Crippen molar-refractivity contribution in [1.82, 2.24) is 5.32 Å². The van der Waals surface area contributed by atoms with Crippen LogP contribution in [0.5, 0.6) is 0 Å². The minimum atomic E-state index is -0.330. The van der Waals surface area contributed by atoms with E-state index in [1.165, 1.54) is 29.8 Å². The molecule has 21 heavy (non-hydrogen) atoms. The number of rotatable bonds is 2. The van der Waals surface area contributed by atoms with E-state index in [4.69, 9.17) is 5.73 Å². The van der Waals surface area contributed by atoms with Crippen LogP contribution in [0.2, 0.25) is 0 Å². The number of amides is 2. The average molecular weight is 285 g/mol. The number of hydrogen-bond acceptors (Lipinski definition) is 2. The van der Waals surface area contributed by atoms with Crippen LogP contribution in [0.4, 0.5) is 20.6 Å². The fraction of sp³-hybridized carbons (Fsp3) is 0.188. The first-order valence-electron chi connectivity index (χ1n) is 6.83. The molecule has 2 aromatic rings. The highest BCUT2D eigenvalue weighted by Crippen LogP contribution is 2.32. The second-order valence-corrected chi connectivity index (χ2v) is 5.15. The molecule has 0 spiro atoms. The molecule has 0 bridgehead atoms. The molecule has 108 valence electrons. The molecule has 3 rings (SSSR count). The quantitative estimate of drug-likeness (QED) is 0.742. The van der Waals surface area contributed by atoms with Crippen LogP contribution in [0.25, 0.3) is 0 Å². The van der Waals surface area contributed by atoms with Gasteiger partial charge in [0.2, 0.25) is 0 Å². The largest absolute Gasteiger partial charge is 0.399 e. The van der Waals surface area contributed by atoms with Crippen molar-refractivity contribution in [2.45, 2.75) is 18.9 Å². The van der Waals surface area contributed by atoms with E-state index in [0.29, 0.717) is 5.69 Å². The fourth-order valence-corrected chi connectivity index (χ4v) is 2.65. The number of nitrogens with one attached hydrogen (secondary N) is 2. The normalized spacial score (nSPS) is 16.3. The number of halogens is 1. The Balaban J connectivity index is 1.65. The number of anilines is 2. The molecule has 1 unspecified atom stereocenters. The van der Waals surface area contributed by atoms with E-state index >= 15 is 0 Å². The lowest BCUT2D eigenvalue weighted by Gasteiger charge is -2.15. The Labute approximate surface area is 122 Å².